The fraction of sp³-hybridized carbons (Fsp3) is 0.391. The molecule has 29 heavy (non-hydrogen) atoms. The van der Waals surface area contributed by atoms with Crippen LogP contribution in [0.5, 0.6) is 5.75 Å². The highest BCUT2D eigenvalue weighted by Gasteiger charge is 2.19. The molecule has 5 nitrogen and oxygen atoms in total. The fourth-order valence-electron chi connectivity index (χ4n) is 3.45. The molecule has 1 aromatic carbocycles. The molecule has 0 unspecified atom stereocenters. The predicted molar refractivity (Wildman–Crippen MR) is 118 cm³/mol. The minimum Gasteiger partial charge on any atom is -0.489 e. The average molecular weight is 412 g/mol. The van der Waals surface area contributed by atoms with Crippen LogP contribution in [0.25, 0.3) is 0 Å². The van der Waals surface area contributed by atoms with Crippen molar-refractivity contribution in [2.24, 2.45) is 0 Å². The quantitative estimate of drug-likeness (QED) is 0.547. The van der Waals surface area contributed by atoms with Crippen LogP contribution in [0.1, 0.15) is 50.2 Å². The molecule has 0 bridgehead atoms. The first kappa shape index (κ1) is 21.1. The van der Waals surface area contributed by atoms with Crippen LogP contribution in [0.4, 0.5) is 0 Å². The van der Waals surface area contributed by atoms with Gasteiger partial charge in [0.1, 0.15) is 12.4 Å². The first-order valence-corrected chi connectivity index (χ1v) is 10.7. The van der Waals surface area contributed by atoms with Crippen molar-refractivity contribution in [2.75, 3.05) is 7.05 Å². The van der Waals surface area contributed by atoms with Crippen molar-refractivity contribution >= 4 is 17.2 Å². The first-order valence-electron chi connectivity index (χ1n) is 9.86. The molecule has 154 valence electrons. The number of carbonyl (C=O) groups excluding carboxylic acids is 1. The lowest BCUT2D eigenvalue weighted by Crippen LogP contribution is -2.26. The van der Waals surface area contributed by atoms with E-state index >= 15 is 0 Å². The molecule has 0 aliphatic heterocycles. The molecule has 6 heteroatoms. The molecule has 0 N–H and O–H groups in total. The third-order valence-corrected chi connectivity index (χ3v) is 6.13. The number of amides is 1. The second kappa shape index (κ2) is 8.82. The SMILES string of the molecule is CCn1nc(C)c(CN(C)C(=O)c2cc(COc3ccc(C)cc3C)cs2)c1C. The summed E-state index contributed by atoms with van der Waals surface area (Å²) in [5.41, 5.74) is 6.58. The first-order chi connectivity index (χ1) is 13.8. The van der Waals surface area contributed by atoms with Gasteiger partial charge in [-0.05, 0) is 57.7 Å². The Balaban J connectivity index is 1.65. The van der Waals surface area contributed by atoms with Gasteiger partial charge in [-0.1, -0.05) is 17.7 Å². The van der Waals surface area contributed by atoms with Crippen LogP contribution < -0.4 is 4.74 Å². The Bertz CT molecular complexity index is 1020. The van der Waals surface area contributed by atoms with E-state index in [4.69, 9.17) is 4.74 Å². The summed E-state index contributed by atoms with van der Waals surface area (Å²) in [6.45, 7) is 12.1. The van der Waals surface area contributed by atoms with Gasteiger partial charge in [0, 0.05) is 37.0 Å². The number of ether oxygens (including phenoxy) is 1. The molecule has 1 amide bonds. The third kappa shape index (κ3) is 4.70. The van der Waals surface area contributed by atoms with Gasteiger partial charge < -0.3 is 9.64 Å². The molecule has 0 aliphatic rings. The van der Waals surface area contributed by atoms with E-state index in [1.165, 1.54) is 16.9 Å². The van der Waals surface area contributed by atoms with Crippen molar-refractivity contribution in [2.45, 2.75) is 54.3 Å². The summed E-state index contributed by atoms with van der Waals surface area (Å²) < 4.78 is 7.93. The van der Waals surface area contributed by atoms with Crippen LogP contribution in [0, 0.1) is 27.7 Å². The molecule has 0 saturated carbocycles. The topological polar surface area (TPSA) is 47.4 Å². The van der Waals surface area contributed by atoms with Gasteiger partial charge in [-0.3, -0.25) is 9.48 Å². The molecular weight excluding hydrogens is 382 g/mol. The maximum atomic E-state index is 12.9. The van der Waals surface area contributed by atoms with Gasteiger partial charge in [0.05, 0.1) is 10.6 Å². The van der Waals surface area contributed by atoms with Crippen LogP contribution in [0.15, 0.2) is 29.6 Å². The molecule has 0 aliphatic carbocycles. The zero-order valence-corrected chi connectivity index (χ0v) is 18.9. The molecule has 0 atom stereocenters. The Kier molecular flexibility index (Phi) is 6.42. The van der Waals surface area contributed by atoms with Crippen LogP contribution in [0.2, 0.25) is 0 Å². The van der Waals surface area contributed by atoms with E-state index in [0.717, 1.165) is 45.2 Å². The summed E-state index contributed by atoms with van der Waals surface area (Å²) in [5, 5.41) is 6.54. The molecule has 3 rings (SSSR count). The molecular formula is C23H29N3O2S. The predicted octanol–water partition coefficient (Wildman–Crippen LogP) is 5.05. The van der Waals surface area contributed by atoms with Crippen LogP contribution in [0.3, 0.4) is 0 Å². The van der Waals surface area contributed by atoms with E-state index in [0.29, 0.717) is 13.2 Å². The molecule has 0 spiro atoms. The van der Waals surface area contributed by atoms with Crippen LogP contribution in [-0.4, -0.2) is 27.6 Å². The second-order valence-electron chi connectivity index (χ2n) is 7.50. The van der Waals surface area contributed by atoms with Gasteiger partial charge in [-0.15, -0.1) is 11.3 Å². The van der Waals surface area contributed by atoms with Gasteiger partial charge in [0.2, 0.25) is 0 Å². The standard InChI is InChI=1S/C23H29N3O2S/c1-7-26-18(5)20(17(4)24-26)12-25(6)23(27)22-11-19(14-29-22)13-28-21-9-8-15(2)10-16(21)3/h8-11,14H,7,12-13H2,1-6H3. The average Bonchev–Trinajstić information content (AvgIpc) is 3.26. The van der Waals surface area contributed by atoms with Gasteiger partial charge in [0.15, 0.2) is 0 Å². The van der Waals surface area contributed by atoms with E-state index in [9.17, 15) is 4.79 Å². The molecule has 2 aromatic heterocycles. The fourth-order valence-corrected chi connectivity index (χ4v) is 4.34. The van der Waals surface area contributed by atoms with Crippen molar-refractivity contribution in [1.29, 1.82) is 0 Å². The maximum Gasteiger partial charge on any atom is 0.263 e. The normalized spacial score (nSPS) is 11.0. The smallest absolute Gasteiger partial charge is 0.263 e. The van der Waals surface area contributed by atoms with Crippen molar-refractivity contribution < 1.29 is 9.53 Å². The number of carbonyl (C=O) groups is 1. The third-order valence-electron chi connectivity index (χ3n) is 5.16. The largest absolute Gasteiger partial charge is 0.489 e. The zero-order chi connectivity index (χ0) is 21.1. The van der Waals surface area contributed by atoms with Crippen LogP contribution in [-0.2, 0) is 19.7 Å². The number of benzene rings is 1. The van der Waals surface area contributed by atoms with Crippen LogP contribution >= 0.6 is 11.3 Å². The number of nitrogens with zero attached hydrogens (tertiary/aromatic N) is 3. The van der Waals surface area contributed by atoms with Gasteiger partial charge >= 0.3 is 0 Å². The van der Waals surface area contributed by atoms with Crippen molar-refractivity contribution in [3.05, 3.63) is 68.2 Å². The molecule has 0 saturated heterocycles. The van der Waals surface area contributed by atoms with Crippen molar-refractivity contribution in [3.63, 3.8) is 0 Å². The summed E-state index contributed by atoms with van der Waals surface area (Å²) in [4.78, 5) is 15.4. The highest BCUT2D eigenvalue weighted by molar-refractivity contribution is 7.12. The van der Waals surface area contributed by atoms with E-state index in [1.54, 1.807) is 4.90 Å². The highest BCUT2D eigenvalue weighted by atomic mass is 32.1. The van der Waals surface area contributed by atoms with E-state index in [2.05, 4.69) is 31.9 Å². The number of hydrogen-bond donors (Lipinski definition) is 0. The zero-order valence-electron chi connectivity index (χ0n) is 18.1. The molecule has 0 radical (unpaired) electrons. The minimum atomic E-state index is 0.0239. The summed E-state index contributed by atoms with van der Waals surface area (Å²) in [6.07, 6.45) is 0. The lowest BCUT2D eigenvalue weighted by Gasteiger charge is -2.16. The van der Waals surface area contributed by atoms with Gasteiger partial charge in [-0.2, -0.15) is 5.10 Å². The van der Waals surface area contributed by atoms with Gasteiger partial charge in [-0.25, -0.2) is 0 Å². The molecule has 3 aromatic rings. The lowest BCUT2D eigenvalue weighted by atomic mass is 10.1. The Hall–Kier alpha value is -2.60. The molecule has 2 heterocycles. The number of thiophene rings is 1. The highest BCUT2D eigenvalue weighted by Crippen LogP contribution is 2.23. The van der Waals surface area contributed by atoms with E-state index in [1.807, 2.05) is 49.2 Å². The summed E-state index contributed by atoms with van der Waals surface area (Å²) in [5.74, 6) is 0.904. The monoisotopic (exact) mass is 411 g/mol. The van der Waals surface area contributed by atoms with Crippen molar-refractivity contribution in [1.82, 2.24) is 14.7 Å². The second-order valence-corrected chi connectivity index (χ2v) is 8.41. The Labute approximate surface area is 176 Å². The Morgan fingerprint density at radius 2 is 1.97 bits per heavy atom. The number of aryl methyl sites for hydroxylation is 4. The Morgan fingerprint density at radius 1 is 1.21 bits per heavy atom. The number of aromatic nitrogens is 2. The van der Waals surface area contributed by atoms with E-state index < -0.39 is 0 Å². The minimum absolute atomic E-state index is 0.0239. The summed E-state index contributed by atoms with van der Waals surface area (Å²) >= 11 is 1.46. The van der Waals surface area contributed by atoms with E-state index in [-0.39, 0.29) is 5.91 Å². The van der Waals surface area contributed by atoms with Crippen molar-refractivity contribution in [3.8, 4) is 5.75 Å². The maximum absolute atomic E-state index is 12.9. The lowest BCUT2D eigenvalue weighted by molar-refractivity contribution is 0.0789. The van der Waals surface area contributed by atoms with Gasteiger partial charge in [0.25, 0.3) is 5.91 Å². The molecule has 0 fully saturated rings. The number of rotatable bonds is 7. The summed E-state index contributed by atoms with van der Waals surface area (Å²) in [6, 6.07) is 8.09. The summed E-state index contributed by atoms with van der Waals surface area (Å²) in [7, 11) is 1.84. The number of hydrogen-bond acceptors (Lipinski definition) is 4. The Morgan fingerprint density at radius 3 is 2.62 bits per heavy atom.